The Labute approximate surface area is 227 Å². The summed E-state index contributed by atoms with van der Waals surface area (Å²) in [5.41, 5.74) is 1.21. The Morgan fingerprint density at radius 2 is 1.79 bits per heavy atom. The number of nitrogens with zero attached hydrogens (tertiary/aromatic N) is 2. The van der Waals surface area contributed by atoms with Crippen LogP contribution in [0.3, 0.4) is 0 Å². The van der Waals surface area contributed by atoms with E-state index in [4.69, 9.17) is 18.9 Å². The number of thiazole rings is 1. The molecule has 0 spiro atoms. The number of ether oxygens (including phenoxy) is 4. The lowest BCUT2D eigenvalue weighted by molar-refractivity contribution is -0.145. The van der Waals surface area contributed by atoms with E-state index in [2.05, 4.69) is 10.3 Å². The number of carbonyl (C=O) groups is 3. The van der Waals surface area contributed by atoms with Crippen LogP contribution < -0.4 is 5.32 Å². The molecule has 208 valence electrons. The SMILES string of the molecule is CCOC(=O)C(Cc1ccccc1)NC(=O)c1csc(C2CCN(C(=O)COCCOCCOC)CC2)n1. The molecule has 1 fully saturated rings. The lowest BCUT2D eigenvalue weighted by atomic mass is 9.97. The number of hydrogen-bond donors (Lipinski definition) is 1. The number of methoxy groups -OCH3 is 1. The third-order valence-corrected chi connectivity index (χ3v) is 7.15. The summed E-state index contributed by atoms with van der Waals surface area (Å²) in [6, 6.07) is 8.68. The molecule has 1 aliphatic rings. The van der Waals surface area contributed by atoms with Crippen molar-refractivity contribution in [1.29, 1.82) is 0 Å². The van der Waals surface area contributed by atoms with E-state index in [-0.39, 0.29) is 30.7 Å². The number of esters is 1. The van der Waals surface area contributed by atoms with Crippen molar-refractivity contribution in [3.05, 3.63) is 52.0 Å². The molecule has 1 aromatic carbocycles. The molecule has 2 heterocycles. The number of aromatic nitrogens is 1. The zero-order chi connectivity index (χ0) is 27.2. The Hall–Kier alpha value is -2.86. The number of amides is 2. The molecule has 1 atom stereocenters. The van der Waals surface area contributed by atoms with Crippen LogP contribution in [0.5, 0.6) is 0 Å². The minimum Gasteiger partial charge on any atom is -0.464 e. The second-order valence-electron chi connectivity index (χ2n) is 8.85. The van der Waals surface area contributed by atoms with E-state index in [1.807, 2.05) is 30.3 Å². The number of hydrogen-bond acceptors (Lipinski definition) is 9. The quantitative estimate of drug-likeness (QED) is 0.267. The second-order valence-corrected chi connectivity index (χ2v) is 9.74. The van der Waals surface area contributed by atoms with E-state index >= 15 is 0 Å². The van der Waals surface area contributed by atoms with Gasteiger partial charge < -0.3 is 29.2 Å². The predicted octanol–water partition coefficient (Wildman–Crippen LogP) is 2.43. The summed E-state index contributed by atoms with van der Waals surface area (Å²) in [6.45, 7) is 5.04. The standard InChI is InChI=1S/C27H37N3O7S/c1-3-37-27(33)22(17-20-7-5-4-6-8-20)28-25(32)23-19-38-26(29-23)21-9-11-30(12-10-21)24(31)18-36-16-15-35-14-13-34-2/h4-8,19,21-22H,3,9-18H2,1-2H3,(H,28,32). The molecule has 0 saturated carbocycles. The van der Waals surface area contributed by atoms with E-state index in [0.29, 0.717) is 45.9 Å². The predicted molar refractivity (Wildman–Crippen MR) is 142 cm³/mol. The summed E-state index contributed by atoms with van der Waals surface area (Å²) in [6.07, 6.45) is 1.86. The van der Waals surface area contributed by atoms with Gasteiger partial charge in [0.2, 0.25) is 5.91 Å². The van der Waals surface area contributed by atoms with Gasteiger partial charge in [-0.15, -0.1) is 11.3 Å². The minimum absolute atomic E-state index is 0.0322. The summed E-state index contributed by atoms with van der Waals surface area (Å²) >= 11 is 1.43. The third-order valence-electron chi connectivity index (χ3n) is 6.14. The minimum atomic E-state index is -0.802. The smallest absolute Gasteiger partial charge is 0.328 e. The van der Waals surface area contributed by atoms with Gasteiger partial charge in [0.25, 0.3) is 5.91 Å². The summed E-state index contributed by atoms with van der Waals surface area (Å²) < 4.78 is 20.8. The maximum Gasteiger partial charge on any atom is 0.328 e. The Kier molecular flexibility index (Phi) is 12.6. The molecule has 0 bridgehead atoms. The average molecular weight is 548 g/mol. The number of benzene rings is 1. The second kappa shape index (κ2) is 16.2. The molecule has 2 aromatic rings. The van der Waals surface area contributed by atoms with E-state index in [0.717, 1.165) is 23.4 Å². The molecule has 38 heavy (non-hydrogen) atoms. The van der Waals surface area contributed by atoms with Gasteiger partial charge in [-0.2, -0.15) is 0 Å². The molecule has 2 amide bonds. The first-order chi connectivity index (χ1) is 18.5. The topological polar surface area (TPSA) is 116 Å². The molecule has 1 aliphatic heterocycles. The molecule has 3 rings (SSSR count). The molecular formula is C27H37N3O7S. The van der Waals surface area contributed by atoms with Crippen LogP contribution in [0.1, 0.15) is 46.7 Å². The zero-order valence-electron chi connectivity index (χ0n) is 22.1. The molecule has 1 unspecified atom stereocenters. The fourth-order valence-corrected chi connectivity index (χ4v) is 5.06. The van der Waals surface area contributed by atoms with Gasteiger partial charge in [-0.3, -0.25) is 9.59 Å². The number of rotatable bonds is 15. The maximum absolute atomic E-state index is 12.9. The van der Waals surface area contributed by atoms with Crippen LogP contribution in [0.15, 0.2) is 35.7 Å². The van der Waals surface area contributed by atoms with Crippen LogP contribution >= 0.6 is 11.3 Å². The van der Waals surface area contributed by atoms with Gasteiger partial charge in [0.1, 0.15) is 18.3 Å². The van der Waals surface area contributed by atoms with Crippen LogP contribution in [0.2, 0.25) is 0 Å². The van der Waals surface area contributed by atoms with Crippen LogP contribution in [0.4, 0.5) is 0 Å². The molecule has 0 radical (unpaired) electrons. The third kappa shape index (κ3) is 9.46. The summed E-state index contributed by atoms with van der Waals surface area (Å²) in [5.74, 6) is -0.744. The monoisotopic (exact) mass is 547 g/mol. The fourth-order valence-electron chi connectivity index (χ4n) is 4.09. The Balaban J connectivity index is 1.46. The largest absolute Gasteiger partial charge is 0.464 e. The van der Waals surface area contributed by atoms with Crippen LogP contribution in [-0.2, 0) is 35.0 Å². The number of nitrogens with one attached hydrogen (secondary N) is 1. The van der Waals surface area contributed by atoms with Crippen molar-refractivity contribution in [1.82, 2.24) is 15.2 Å². The molecular weight excluding hydrogens is 510 g/mol. The van der Waals surface area contributed by atoms with Crippen molar-refractivity contribution in [3.63, 3.8) is 0 Å². The van der Waals surface area contributed by atoms with Crippen LogP contribution in [0.25, 0.3) is 0 Å². The van der Waals surface area contributed by atoms with Crippen molar-refractivity contribution in [3.8, 4) is 0 Å². The van der Waals surface area contributed by atoms with Crippen LogP contribution in [0, 0.1) is 0 Å². The first-order valence-electron chi connectivity index (χ1n) is 12.9. The Morgan fingerprint density at radius 1 is 1.08 bits per heavy atom. The van der Waals surface area contributed by atoms with Crippen molar-refractivity contribution in [2.45, 2.75) is 38.1 Å². The number of likely N-dealkylation sites (tertiary alicyclic amines) is 1. The van der Waals surface area contributed by atoms with E-state index < -0.39 is 17.9 Å². The van der Waals surface area contributed by atoms with Gasteiger partial charge in [0.15, 0.2) is 0 Å². The molecule has 11 heteroatoms. The van der Waals surface area contributed by atoms with E-state index in [9.17, 15) is 14.4 Å². The maximum atomic E-state index is 12.9. The Bertz CT molecular complexity index is 1010. The van der Waals surface area contributed by atoms with Crippen LogP contribution in [-0.4, -0.2) is 93.5 Å². The molecule has 0 aliphatic carbocycles. The lowest BCUT2D eigenvalue weighted by Gasteiger charge is -2.31. The first-order valence-corrected chi connectivity index (χ1v) is 13.8. The number of piperidine rings is 1. The molecule has 1 aromatic heterocycles. The fraction of sp³-hybridized carbons (Fsp3) is 0.556. The molecule has 10 nitrogen and oxygen atoms in total. The van der Waals surface area contributed by atoms with Gasteiger partial charge in [0.05, 0.1) is 38.0 Å². The summed E-state index contributed by atoms with van der Waals surface area (Å²) in [5, 5.41) is 5.37. The highest BCUT2D eigenvalue weighted by Gasteiger charge is 2.28. The van der Waals surface area contributed by atoms with Gasteiger partial charge >= 0.3 is 5.97 Å². The summed E-state index contributed by atoms with van der Waals surface area (Å²) in [4.78, 5) is 44.2. The lowest BCUT2D eigenvalue weighted by Crippen LogP contribution is -2.43. The van der Waals surface area contributed by atoms with Crippen molar-refractivity contribution in [2.75, 3.05) is 59.8 Å². The van der Waals surface area contributed by atoms with E-state index in [1.165, 1.54) is 11.3 Å². The highest BCUT2D eigenvalue weighted by molar-refractivity contribution is 7.09. The van der Waals surface area contributed by atoms with Gasteiger partial charge in [-0.1, -0.05) is 30.3 Å². The van der Waals surface area contributed by atoms with Crippen molar-refractivity contribution in [2.24, 2.45) is 0 Å². The summed E-state index contributed by atoms with van der Waals surface area (Å²) in [7, 11) is 1.61. The Morgan fingerprint density at radius 3 is 2.50 bits per heavy atom. The first kappa shape index (κ1) is 29.7. The van der Waals surface area contributed by atoms with Gasteiger partial charge in [-0.05, 0) is 25.3 Å². The van der Waals surface area contributed by atoms with Gasteiger partial charge in [-0.25, -0.2) is 9.78 Å². The highest BCUT2D eigenvalue weighted by atomic mass is 32.1. The zero-order valence-corrected chi connectivity index (χ0v) is 22.9. The number of carbonyl (C=O) groups excluding carboxylic acids is 3. The van der Waals surface area contributed by atoms with Gasteiger partial charge in [0, 0.05) is 37.9 Å². The molecule has 1 saturated heterocycles. The van der Waals surface area contributed by atoms with Crippen molar-refractivity contribution < 1.29 is 33.3 Å². The van der Waals surface area contributed by atoms with E-state index in [1.54, 1.807) is 24.3 Å². The normalized spacial score (nSPS) is 14.7. The van der Waals surface area contributed by atoms with Crippen molar-refractivity contribution >= 4 is 29.1 Å². The highest BCUT2D eigenvalue weighted by Crippen LogP contribution is 2.30. The molecule has 1 N–H and O–H groups in total. The average Bonchev–Trinajstić information content (AvgIpc) is 3.43.